The Bertz CT molecular complexity index is 659. The van der Waals surface area contributed by atoms with Crippen LogP contribution in [0, 0.1) is 0 Å². The van der Waals surface area contributed by atoms with Gasteiger partial charge in [-0.15, -0.1) is 6.58 Å². The van der Waals surface area contributed by atoms with Crippen molar-refractivity contribution >= 4 is 29.1 Å². The molecule has 2 heterocycles. The number of carbonyl (C=O) groups is 1. The third-order valence-electron chi connectivity index (χ3n) is 4.56. The summed E-state index contributed by atoms with van der Waals surface area (Å²) in [5, 5.41) is 1.34. The molecular weight excluding hydrogens is 354 g/mol. The molecule has 2 fully saturated rings. The molecule has 0 bridgehead atoms. The normalized spacial score (nSPS) is 33.3. The topological polar surface area (TPSA) is 29.5 Å². The number of benzene rings is 1. The summed E-state index contributed by atoms with van der Waals surface area (Å²) >= 11 is 13.1. The largest absolute Gasteiger partial charge is 0.493 e. The van der Waals surface area contributed by atoms with Crippen molar-refractivity contribution in [2.24, 2.45) is 0 Å². The van der Waals surface area contributed by atoms with Gasteiger partial charge in [0.1, 0.15) is 12.3 Å². The Morgan fingerprint density at radius 3 is 3.00 bits per heavy atom. The van der Waals surface area contributed by atoms with Crippen LogP contribution in [-0.2, 0) is 9.67 Å². The summed E-state index contributed by atoms with van der Waals surface area (Å²) in [7, 11) is 0. The molecule has 0 aromatic heterocycles. The van der Waals surface area contributed by atoms with Gasteiger partial charge in [0.25, 0.3) is 0 Å². The molecule has 7 heteroatoms. The molecule has 2 saturated heterocycles. The van der Waals surface area contributed by atoms with Gasteiger partial charge in [-0.1, -0.05) is 46.4 Å². The summed E-state index contributed by atoms with van der Waals surface area (Å²) in [5.41, 5.74) is -0.504. The summed E-state index contributed by atoms with van der Waals surface area (Å²) < 4.78 is 20.8. The van der Waals surface area contributed by atoms with Crippen molar-refractivity contribution in [1.29, 1.82) is 0 Å². The van der Waals surface area contributed by atoms with Crippen LogP contribution in [0.15, 0.2) is 36.9 Å². The Balaban J connectivity index is 1.94. The van der Waals surface area contributed by atoms with E-state index in [-0.39, 0.29) is 6.54 Å². The molecule has 1 aromatic carbocycles. The minimum atomic E-state index is -1.64. The van der Waals surface area contributed by atoms with Crippen LogP contribution >= 0.6 is 23.2 Å². The first-order valence-electron chi connectivity index (χ1n) is 8.01. The van der Waals surface area contributed by atoms with Crippen LogP contribution in [0.2, 0.25) is 0 Å². The van der Waals surface area contributed by atoms with Gasteiger partial charge in [0.15, 0.2) is 5.50 Å². The van der Waals surface area contributed by atoms with Gasteiger partial charge >= 0.3 is 5.91 Å². The average Bonchev–Trinajstić information content (AvgIpc) is 2.75. The second-order valence-corrected chi connectivity index (χ2v) is 7.09. The summed E-state index contributed by atoms with van der Waals surface area (Å²) in [4.78, 5) is 9.89. The molecule has 0 spiro atoms. The van der Waals surface area contributed by atoms with Crippen molar-refractivity contribution in [2.75, 3.05) is 19.7 Å². The van der Waals surface area contributed by atoms with E-state index in [1.54, 1.807) is 30.3 Å². The molecule has 2 aliphatic rings. The lowest BCUT2D eigenvalue weighted by atomic mass is 9.97. The zero-order valence-electron chi connectivity index (χ0n) is 13.3. The number of fused-ring (bicyclic) bond motifs is 1. The molecule has 2 aliphatic heterocycles. The molecular formula is C17H20Cl2FN2O2+. The first-order valence-corrected chi connectivity index (χ1v) is 8.83. The fourth-order valence-corrected chi connectivity index (χ4v) is 4.08. The molecule has 1 amide bonds. The SMILES string of the molecule is C=CCCOc1cccc(C2(Cl)C(=O)[N+]3(F)CCCCN3C2Cl)c1. The number of nitrogens with zero attached hydrogens (tertiary/aromatic N) is 2. The zero-order valence-corrected chi connectivity index (χ0v) is 14.8. The van der Waals surface area contributed by atoms with E-state index < -0.39 is 21.1 Å². The Hall–Kier alpha value is -1.14. The van der Waals surface area contributed by atoms with Crippen LogP contribution in [0.25, 0.3) is 0 Å². The highest BCUT2D eigenvalue weighted by molar-refractivity contribution is 6.40. The van der Waals surface area contributed by atoms with Gasteiger partial charge in [-0.25, -0.2) is 4.79 Å². The van der Waals surface area contributed by atoms with Gasteiger partial charge in [0.2, 0.25) is 4.87 Å². The molecule has 4 nitrogen and oxygen atoms in total. The number of hydrogen-bond donors (Lipinski definition) is 0. The number of alkyl halides is 2. The van der Waals surface area contributed by atoms with Crippen LogP contribution < -0.4 is 4.74 Å². The Morgan fingerprint density at radius 1 is 1.50 bits per heavy atom. The second kappa shape index (κ2) is 6.64. The minimum absolute atomic E-state index is 0.0754. The lowest BCUT2D eigenvalue weighted by molar-refractivity contribution is -1.08. The third-order valence-corrected chi connectivity index (χ3v) is 5.81. The van der Waals surface area contributed by atoms with E-state index in [0.29, 0.717) is 37.3 Å². The van der Waals surface area contributed by atoms with Crippen LogP contribution in [0.5, 0.6) is 5.75 Å². The average molecular weight is 374 g/mol. The first kappa shape index (κ1) is 17.7. The van der Waals surface area contributed by atoms with E-state index in [9.17, 15) is 4.79 Å². The van der Waals surface area contributed by atoms with E-state index in [1.807, 2.05) is 0 Å². The predicted octanol–water partition coefficient (Wildman–Crippen LogP) is 3.89. The first-order chi connectivity index (χ1) is 11.4. The monoisotopic (exact) mass is 373 g/mol. The quantitative estimate of drug-likeness (QED) is 0.258. The van der Waals surface area contributed by atoms with Crippen LogP contribution in [0.1, 0.15) is 24.8 Å². The lowest BCUT2D eigenvalue weighted by Crippen LogP contribution is -2.56. The third kappa shape index (κ3) is 2.64. The zero-order chi connectivity index (χ0) is 17.4. The standard InChI is InChI=1S/C17H20Cl2FN2O2/c1-2-3-11-24-14-8-6-7-13(12-14)17(19)15(18)21-9-4-5-10-22(21,20)16(17)23/h2,6-8,12,15H,1,3-5,9-11H2/q+1. The number of rotatable bonds is 5. The second-order valence-electron chi connectivity index (χ2n) is 6.08. The smallest absolute Gasteiger partial charge is 0.400 e. The summed E-state index contributed by atoms with van der Waals surface area (Å²) in [6.45, 7) is 4.59. The van der Waals surface area contributed by atoms with Crippen molar-refractivity contribution in [1.82, 2.24) is 5.01 Å². The maximum Gasteiger partial charge on any atom is 0.400 e. The molecule has 0 N–H and O–H groups in total. The van der Waals surface area contributed by atoms with Gasteiger partial charge in [-0.05, 0) is 30.5 Å². The van der Waals surface area contributed by atoms with Crippen molar-refractivity contribution in [2.45, 2.75) is 29.6 Å². The van der Waals surface area contributed by atoms with Crippen LogP contribution in [0.3, 0.4) is 0 Å². The molecule has 24 heavy (non-hydrogen) atoms. The fraction of sp³-hybridized carbons (Fsp3) is 0.471. The van der Waals surface area contributed by atoms with Gasteiger partial charge < -0.3 is 4.74 Å². The highest BCUT2D eigenvalue weighted by atomic mass is 35.5. The molecule has 3 atom stereocenters. The van der Waals surface area contributed by atoms with Crippen molar-refractivity contribution < 1.29 is 18.8 Å². The predicted molar refractivity (Wildman–Crippen MR) is 91.1 cm³/mol. The maximum absolute atomic E-state index is 15.2. The number of quaternary nitrogens is 1. The van der Waals surface area contributed by atoms with Crippen molar-refractivity contribution in [3.8, 4) is 5.75 Å². The Labute approximate surface area is 150 Å². The van der Waals surface area contributed by atoms with E-state index in [4.69, 9.17) is 27.9 Å². The van der Waals surface area contributed by atoms with Crippen LogP contribution in [0.4, 0.5) is 4.48 Å². The van der Waals surface area contributed by atoms with Crippen LogP contribution in [-0.4, -0.2) is 40.9 Å². The van der Waals surface area contributed by atoms with E-state index in [1.165, 1.54) is 5.01 Å². The number of ether oxygens (including phenoxy) is 1. The van der Waals surface area contributed by atoms with Gasteiger partial charge in [-0.2, -0.15) is 0 Å². The number of carbonyl (C=O) groups excluding carboxylic acids is 1. The fourth-order valence-electron chi connectivity index (χ4n) is 3.26. The lowest BCUT2D eigenvalue weighted by Gasteiger charge is -2.31. The minimum Gasteiger partial charge on any atom is -0.493 e. The van der Waals surface area contributed by atoms with Gasteiger partial charge in [0.05, 0.1) is 13.2 Å². The number of halogens is 3. The van der Waals surface area contributed by atoms with Gasteiger partial charge in [-0.3, -0.25) is 0 Å². The Kier molecular flexibility index (Phi) is 4.89. The van der Waals surface area contributed by atoms with E-state index >= 15 is 4.48 Å². The molecule has 1 aromatic rings. The summed E-state index contributed by atoms with van der Waals surface area (Å²) in [6, 6.07) is 6.85. The molecule has 0 aliphatic carbocycles. The highest BCUT2D eigenvalue weighted by Gasteiger charge is 2.72. The molecule has 130 valence electrons. The number of hydrogen-bond acceptors (Lipinski definition) is 3. The Morgan fingerprint density at radius 2 is 2.29 bits per heavy atom. The maximum atomic E-state index is 15.2. The van der Waals surface area contributed by atoms with Crippen molar-refractivity contribution in [3.63, 3.8) is 0 Å². The van der Waals surface area contributed by atoms with E-state index in [0.717, 1.165) is 6.42 Å². The van der Waals surface area contributed by atoms with E-state index in [2.05, 4.69) is 6.58 Å². The van der Waals surface area contributed by atoms with Gasteiger partial charge in [0, 0.05) is 15.7 Å². The van der Waals surface area contributed by atoms with Crippen molar-refractivity contribution in [3.05, 3.63) is 42.5 Å². The molecule has 3 unspecified atom stereocenters. The molecule has 0 saturated carbocycles. The summed E-state index contributed by atoms with van der Waals surface area (Å²) in [5.74, 6) is -0.163. The molecule has 0 radical (unpaired) electrons. The number of amides is 1. The molecule has 3 rings (SSSR count). The summed E-state index contributed by atoms with van der Waals surface area (Å²) in [6.07, 6.45) is 3.87. The highest BCUT2D eigenvalue weighted by Crippen LogP contribution is 2.51.